The number of hydrogen-bond donors (Lipinski definition) is 2. The third-order valence-corrected chi connectivity index (χ3v) is 2.88. The lowest BCUT2D eigenvalue weighted by Crippen LogP contribution is -2.34. The topological polar surface area (TPSA) is 55.1 Å². The number of fused-ring (bicyclic) bond motifs is 1. The lowest BCUT2D eigenvalue weighted by molar-refractivity contribution is -0.117. The van der Waals surface area contributed by atoms with E-state index in [1.54, 1.807) is 0 Å². The summed E-state index contributed by atoms with van der Waals surface area (Å²) in [5.74, 6) is -0.0955. The van der Waals surface area contributed by atoms with Crippen LogP contribution in [0.1, 0.15) is 12.0 Å². The quantitative estimate of drug-likeness (QED) is 0.740. The second kappa shape index (κ2) is 3.71. The average molecular weight is 255 g/mol. The summed E-state index contributed by atoms with van der Waals surface area (Å²) in [6.07, 6.45) is 1.56. The Labute approximate surface area is 90.8 Å². The van der Waals surface area contributed by atoms with Crippen LogP contribution in [0.3, 0.4) is 0 Å². The summed E-state index contributed by atoms with van der Waals surface area (Å²) in [7, 11) is 0. The van der Waals surface area contributed by atoms with E-state index in [4.69, 9.17) is 5.73 Å². The van der Waals surface area contributed by atoms with Gasteiger partial charge in [0.1, 0.15) is 0 Å². The third kappa shape index (κ3) is 1.81. The van der Waals surface area contributed by atoms with Gasteiger partial charge in [0.05, 0.1) is 6.04 Å². The standard InChI is InChI=1S/C10H11BrN2O/c11-7-3-1-6-2-4-8(12)10(14)13-9(6)5-7/h1,3,5,8H,2,4,12H2,(H,13,14). The third-order valence-electron chi connectivity index (χ3n) is 2.39. The average Bonchev–Trinajstić information content (AvgIpc) is 2.27. The van der Waals surface area contributed by atoms with Crippen molar-refractivity contribution in [3.05, 3.63) is 28.2 Å². The first-order chi connectivity index (χ1) is 6.66. The van der Waals surface area contributed by atoms with E-state index in [2.05, 4.69) is 21.2 Å². The van der Waals surface area contributed by atoms with Gasteiger partial charge in [-0.2, -0.15) is 0 Å². The molecule has 0 aliphatic carbocycles. The molecule has 74 valence electrons. The van der Waals surface area contributed by atoms with Crippen molar-refractivity contribution < 1.29 is 4.79 Å². The van der Waals surface area contributed by atoms with Crippen molar-refractivity contribution in [1.29, 1.82) is 0 Å². The normalized spacial score (nSPS) is 21.0. The molecule has 0 fully saturated rings. The number of nitrogens with one attached hydrogen (secondary N) is 1. The predicted octanol–water partition coefficient (Wildman–Crippen LogP) is 1.66. The first-order valence-corrected chi connectivity index (χ1v) is 5.31. The zero-order valence-corrected chi connectivity index (χ0v) is 9.17. The van der Waals surface area contributed by atoms with Crippen LogP contribution in [-0.4, -0.2) is 11.9 Å². The molecular weight excluding hydrogens is 244 g/mol. The van der Waals surface area contributed by atoms with Gasteiger partial charge in [0.2, 0.25) is 5.91 Å². The molecule has 1 heterocycles. The maximum atomic E-state index is 11.4. The zero-order valence-electron chi connectivity index (χ0n) is 7.59. The van der Waals surface area contributed by atoms with Crippen molar-refractivity contribution in [1.82, 2.24) is 0 Å². The van der Waals surface area contributed by atoms with Crippen molar-refractivity contribution in [2.24, 2.45) is 5.73 Å². The molecule has 1 aromatic carbocycles. The van der Waals surface area contributed by atoms with Gasteiger partial charge in [0.15, 0.2) is 0 Å². The van der Waals surface area contributed by atoms with Gasteiger partial charge < -0.3 is 11.1 Å². The molecule has 1 aromatic rings. The molecule has 1 aliphatic heterocycles. The van der Waals surface area contributed by atoms with Crippen LogP contribution in [-0.2, 0) is 11.2 Å². The van der Waals surface area contributed by atoms with Gasteiger partial charge >= 0.3 is 0 Å². The number of nitrogens with two attached hydrogens (primary N) is 1. The van der Waals surface area contributed by atoms with Crippen molar-refractivity contribution in [3.63, 3.8) is 0 Å². The number of anilines is 1. The Morgan fingerprint density at radius 3 is 3.07 bits per heavy atom. The highest BCUT2D eigenvalue weighted by Gasteiger charge is 2.19. The Kier molecular flexibility index (Phi) is 2.56. The molecule has 3 nitrogen and oxygen atoms in total. The highest BCUT2D eigenvalue weighted by molar-refractivity contribution is 9.10. The summed E-state index contributed by atoms with van der Waals surface area (Å²) in [5.41, 5.74) is 7.69. The molecule has 1 aliphatic rings. The summed E-state index contributed by atoms with van der Waals surface area (Å²) >= 11 is 3.37. The van der Waals surface area contributed by atoms with Crippen molar-refractivity contribution >= 4 is 27.5 Å². The maximum Gasteiger partial charge on any atom is 0.241 e. The number of carbonyl (C=O) groups excluding carboxylic acids is 1. The zero-order chi connectivity index (χ0) is 10.1. The fourth-order valence-corrected chi connectivity index (χ4v) is 1.91. The van der Waals surface area contributed by atoms with Crippen LogP contribution in [0.4, 0.5) is 5.69 Å². The number of carbonyl (C=O) groups is 1. The summed E-state index contributed by atoms with van der Waals surface area (Å²) in [6, 6.07) is 5.51. The lowest BCUT2D eigenvalue weighted by atomic mass is 10.1. The monoisotopic (exact) mass is 254 g/mol. The first-order valence-electron chi connectivity index (χ1n) is 4.51. The smallest absolute Gasteiger partial charge is 0.241 e. The number of benzene rings is 1. The molecule has 0 spiro atoms. The minimum atomic E-state index is -0.388. The fraction of sp³-hybridized carbons (Fsp3) is 0.300. The van der Waals surface area contributed by atoms with Gasteiger partial charge in [-0.25, -0.2) is 0 Å². The molecule has 2 rings (SSSR count). The van der Waals surface area contributed by atoms with E-state index in [1.807, 2.05) is 18.2 Å². The van der Waals surface area contributed by atoms with Crippen molar-refractivity contribution in [2.75, 3.05) is 5.32 Å². The van der Waals surface area contributed by atoms with Crippen LogP contribution < -0.4 is 11.1 Å². The van der Waals surface area contributed by atoms with Gasteiger partial charge in [0.25, 0.3) is 0 Å². The second-order valence-electron chi connectivity index (χ2n) is 3.44. The maximum absolute atomic E-state index is 11.4. The van der Waals surface area contributed by atoms with Gasteiger partial charge in [-0.3, -0.25) is 4.79 Å². The Morgan fingerprint density at radius 1 is 1.50 bits per heavy atom. The minimum absolute atomic E-state index is 0.0955. The first kappa shape index (κ1) is 9.68. The Balaban J connectivity index is 2.38. The van der Waals surface area contributed by atoms with Gasteiger partial charge in [-0.15, -0.1) is 0 Å². The lowest BCUT2D eigenvalue weighted by Gasteiger charge is -2.07. The Bertz CT molecular complexity index is 378. The highest BCUT2D eigenvalue weighted by atomic mass is 79.9. The van der Waals surface area contributed by atoms with Crippen LogP contribution in [0, 0.1) is 0 Å². The number of aryl methyl sites for hydroxylation is 1. The molecule has 0 aromatic heterocycles. The van der Waals surface area contributed by atoms with Crippen LogP contribution in [0.25, 0.3) is 0 Å². The molecule has 3 N–H and O–H groups in total. The van der Waals surface area contributed by atoms with E-state index in [9.17, 15) is 4.79 Å². The van der Waals surface area contributed by atoms with Crippen molar-refractivity contribution in [3.8, 4) is 0 Å². The van der Waals surface area contributed by atoms with Crippen molar-refractivity contribution in [2.45, 2.75) is 18.9 Å². The minimum Gasteiger partial charge on any atom is -0.324 e. The molecule has 14 heavy (non-hydrogen) atoms. The van der Waals surface area contributed by atoms with E-state index < -0.39 is 0 Å². The number of halogens is 1. The molecular formula is C10H11BrN2O. The van der Waals surface area contributed by atoms with Crippen LogP contribution in [0.2, 0.25) is 0 Å². The van der Waals surface area contributed by atoms with Gasteiger partial charge in [-0.05, 0) is 30.5 Å². The number of rotatable bonds is 0. The van der Waals surface area contributed by atoms with Crippen LogP contribution in [0.5, 0.6) is 0 Å². The molecule has 0 saturated carbocycles. The fourth-order valence-electron chi connectivity index (χ4n) is 1.55. The largest absolute Gasteiger partial charge is 0.324 e. The van der Waals surface area contributed by atoms with E-state index in [1.165, 1.54) is 0 Å². The molecule has 1 amide bonds. The molecule has 1 atom stereocenters. The Morgan fingerprint density at radius 2 is 2.29 bits per heavy atom. The van der Waals surface area contributed by atoms with Crippen LogP contribution >= 0.6 is 15.9 Å². The van der Waals surface area contributed by atoms with E-state index in [0.29, 0.717) is 6.42 Å². The SMILES string of the molecule is NC1CCc2ccc(Br)cc2NC1=O. The summed E-state index contributed by atoms with van der Waals surface area (Å²) in [5, 5.41) is 2.82. The second-order valence-corrected chi connectivity index (χ2v) is 4.35. The molecule has 0 radical (unpaired) electrons. The molecule has 0 bridgehead atoms. The molecule has 0 saturated heterocycles. The van der Waals surface area contributed by atoms with Gasteiger partial charge in [-0.1, -0.05) is 22.0 Å². The van der Waals surface area contributed by atoms with E-state index in [-0.39, 0.29) is 11.9 Å². The van der Waals surface area contributed by atoms with Crippen LogP contribution in [0.15, 0.2) is 22.7 Å². The number of hydrogen-bond acceptors (Lipinski definition) is 2. The van der Waals surface area contributed by atoms with Gasteiger partial charge in [0, 0.05) is 10.2 Å². The van der Waals surface area contributed by atoms with E-state index >= 15 is 0 Å². The molecule has 1 unspecified atom stereocenters. The highest BCUT2D eigenvalue weighted by Crippen LogP contribution is 2.25. The molecule has 4 heteroatoms. The van der Waals surface area contributed by atoms with E-state index in [0.717, 1.165) is 22.1 Å². The Hall–Kier alpha value is -0.870. The predicted molar refractivity (Wildman–Crippen MR) is 59.1 cm³/mol. The summed E-state index contributed by atoms with van der Waals surface area (Å²) in [6.45, 7) is 0. The summed E-state index contributed by atoms with van der Waals surface area (Å²) in [4.78, 5) is 11.4. The summed E-state index contributed by atoms with van der Waals surface area (Å²) < 4.78 is 0.965. The number of amides is 1.